The number of hydrogen-bond donors (Lipinski definition) is 2. The Bertz CT molecular complexity index is 385. The molecule has 1 saturated carbocycles. The molecule has 3 N–H and O–H groups in total. The molecular formula is C15H27N3O2. The molecule has 0 spiro atoms. The Morgan fingerprint density at radius 3 is 2.65 bits per heavy atom. The third kappa shape index (κ3) is 2.97. The lowest BCUT2D eigenvalue weighted by Crippen LogP contribution is -2.45. The van der Waals surface area contributed by atoms with Crippen molar-refractivity contribution in [2.75, 3.05) is 20.1 Å². The van der Waals surface area contributed by atoms with Gasteiger partial charge >= 0.3 is 0 Å². The summed E-state index contributed by atoms with van der Waals surface area (Å²) in [6.07, 6.45) is 5.96. The minimum Gasteiger partial charge on any atom is -0.359 e. The molecule has 1 heterocycles. The van der Waals surface area contributed by atoms with E-state index >= 15 is 0 Å². The van der Waals surface area contributed by atoms with Crippen LogP contribution in [0.5, 0.6) is 0 Å². The number of rotatable bonds is 2. The second-order valence-electron chi connectivity index (χ2n) is 6.56. The lowest BCUT2D eigenvalue weighted by molar-refractivity contribution is -0.136. The second kappa shape index (κ2) is 6.12. The molecular weight excluding hydrogens is 254 g/mol. The molecule has 0 radical (unpaired) electrons. The van der Waals surface area contributed by atoms with Crippen LogP contribution >= 0.6 is 0 Å². The van der Waals surface area contributed by atoms with Crippen LogP contribution in [0, 0.1) is 11.3 Å². The van der Waals surface area contributed by atoms with E-state index in [0.717, 1.165) is 32.1 Å². The number of amides is 2. The summed E-state index contributed by atoms with van der Waals surface area (Å²) in [5.74, 6) is 0.134. The largest absolute Gasteiger partial charge is 0.359 e. The van der Waals surface area contributed by atoms with Gasteiger partial charge in [-0.05, 0) is 26.2 Å². The van der Waals surface area contributed by atoms with Gasteiger partial charge in [0.2, 0.25) is 11.8 Å². The number of nitrogens with one attached hydrogen (secondary N) is 1. The van der Waals surface area contributed by atoms with Crippen molar-refractivity contribution < 1.29 is 9.59 Å². The second-order valence-corrected chi connectivity index (χ2v) is 6.56. The summed E-state index contributed by atoms with van der Waals surface area (Å²) in [5.41, 5.74) is 5.73. The molecule has 1 aliphatic heterocycles. The average Bonchev–Trinajstić information content (AvgIpc) is 2.72. The number of carbonyl (C=O) groups is 2. The molecule has 2 aliphatic rings. The highest BCUT2D eigenvalue weighted by atomic mass is 16.2. The molecule has 0 aromatic heterocycles. The Morgan fingerprint density at radius 2 is 1.95 bits per heavy atom. The van der Waals surface area contributed by atoms with Crippen LogP contribution in [0.15, 0.2) is 0 Å². The van der Waals surface area contributed by atoms with Crippen LogP contribution in [-0.2, 0) is 9.59 Å². The first kappa shape index (κ1) is 15.3. The Morgan fingerprint density at radius 1 is 1.25 bits per heavy atom. The Hall–Kier alpha value is -1.10. The highest BCUT2D eigenvalue weighted by Crippen LogP contribution is 2.33. The highest BCUT2D eigenvalue weighted by Gasteiger charge is 2.43. The standard InChI is InChI=1S/C15H27N3O2/c1-15(14(20)17-2)8-9-18(10-15)13(19)11-6-4-3-5-7-12(11)16/h11-12H,3-10,16H2,1-2H3,(H,17,20). The minimum absolute atomic E-state index is 0.0168. The maximum Gasteiger partial charge on any atom is 0.227 e. The van der Waals surface area contributed by atoms with E-state index < -0.39 is 5.41 Å². The Kier molecular flexibility index (Phi) is 4.68. The Labute approximate surface area is 121 Å². The third-order valence-corrected chi connectivity index (χ3v) is 4.95. The van der Waals surface area contributed by atoms with Gasteiger partial charge in [0.15, 0.2) is 0 Å². The van der Waals surface area contributed by atoms with Crippen molar-refractivity contribution in [1.82, 2.24) is 10.2 Å². The summed E-state index contributed by atoms with van der Waals surface area (Å²) in [7, 11) is 1.65. The highest BCUT2D eigenvalue weighted by molar-refractivity contribution is 5.85. The quantitative estimate of drug-likeness (QED) is 0.738. The predicted octanol–water partition coefficient (Wildman–Crippen LogP) is 0.879. The molecule has 2 rings (SSSR count). The first-order chi connectivity index (χ1) is 9.48. The van der Waals surface area contributed by atoms with Crippen molar-refractivity contribution in [3.8, 4) is 0 Å². The van der Waals surface area contributed by atoms with E-state index in [1.54, 1.807) is 7.05 Å². The zero-order chi connectivity index (χ0) is 14.8. The molecule has 5 heteroatoms. The van der Waals surface area contributed by atoms with Crippen molar-refractivity contribution >= 4 is 11.8 Å². The lowest BCUT2D eigenvalue weighted by Gasteiger charge is -2.28. The molecule has 20 heavy (non-hydrogen) atoms. The third-order valence-electron chi connectivity index (χ3n) is 4.95. The van der Waals surface area contributed by atoms with Crippen LogP contribution in [0.2, 0.25) is 0 Å². The first-order valence-corrected chi connectivity index (χ1v) is 7.74. The number of nitrogens with two attached hydrogens (primary N) is 1. The van der Waals surface area contributed by atoms with Gasteiger partial charge in [0, 0.05) is 26.2 Å². The monoisotopic (exact) mass is 281 g/mol. The predicted molar refractivity (Wildman–Crippen MR) is 77.9 cm³/mol. The van der Waals surface area contributed by atoms with Crippen molar-refractivity contribution in [2.45, 2.75) is 51.5 Å². The van der Waals surface area contributed by atoms with Crippen molar-refractivity contribution in [2.24, 2.45) is 17.1 Å². The summed E-state index contributed by atoms with van der Waals surface area (Å²) in [5, 5.41) is 2.70. The molecule has 2 amide bonds. The number of likely N-dealkylation sites (tertiary alicyclic amines) is 1. The van der Waals surface area contributed by atoms with E-state index in [2.05, 4.69) is 5.32 Å². The molecule has 0 aromatic rings. The Balaban J connectivity index is 2.01. The summed E-state index contributed by atoms with van der Waals surface area (Å²) >= 11 is 0. The minimum atomic E-state index is -0.445. The van der Waals surface area contributed by atoms with Crippen LogP contribution in [0.1, 0.15) is 45.4 Å². The molecule has 5 nitrogen and oxygen atoms in total. The van der Waals surface area contributed by atoms with E-state index in [1.807, 2.05) is 11.8 Å². The SMILES string of the molecule is CNC(=O)C1(C)CCN(C(=O)C2CCCCCC2N)C1. The maximum atomic E-state index is 12.7. The van der Waals surface area contributed by atoms with E-state index in [1.165, 1.54) is 6.42 Å². The van der Waals surface area contributed by atoms with Crippen LogP contribution in [-0.4, -0.2) is 42.9 Å². The van der Waals surface area contributed by atoms with Gasteiger partial charge in [0.05, 0.1) is 11.3 Å². The van der Waals surface area contributed by atoms with E-state index in [9.17, 15) is 9.59 Å². The summed E-state index contributed by atoms with van der Waals surface area (Å²) in [6, 6.07) is -0.0168. The first-order valence-electron chi connectivity index (χ1n) is 7.74. The molecule has 114 valence electrons. The number of nitrogens with zero attached hydrogens (tertiary/aromatic N) is 1. The zero-order valence-electron chi connectivity index (χ0n) is 12.7. The van der Waals surface area contributed by atoms with E-state index in [-0.39, 0.29) is 23.8 Å². The lowest BCUT2D eigenvalue weighted by atomic mass is 9.88. The van der Waals surface area contributed by atoms with Crippen molar-refractivity contribution in [3.63, 3.8) is 0 Å². The van der Waals surface area contributed by atoms with Crippen LogP contribution < -0.4 is 11.1 Å². The fraction of sp³-hybridized carbons (Fsp3) is 0.867. The normalized spacial score (nSPS) is 34.6. The fourth-order valence-electron chi connectivity index (χ4n) is 3.51. The van der Waals surface area contributed by atoms with Gasteiger partial charge in [-0.3, -0.25) is 9.59 Å². The molecule has 3 unspecified atom stereocenters. The van der Waals surface area contributed by atoms with Gasteiger partial charge in [0.1, 0.15) is 0 Å². The molecule has 1 aliphatic carbocycles. The van der Waals surface area contributed by atoms with E-state index in [0.29, 0.717) is 13.1 Å². The van der Waals surface area contributed by atoms with E-state index in [4.69, 9.17) is 5.73 Å². The van der Waals surface area contributed by atoms with Gasteiger partial charge in [-0.25, -0.2) is 0 Å². The molecule has 0 aromatic carbocycles. The fourth-order valence-corrected chi connectivity index (χ4v) is 3.51. The van der Waals surface area contributed by atoms with Crippen LogP contribution in [0.3, 0.4) is 0 Å². The maximum absolute atomic E-state index is 12.7. The van der Waals surface area contributed by atoms with Crippen LogP contribution in [0.25, 0.3) is 0 Å². The van der Waals surface area contributed by atoms with Gasteiger partial charge in [0.25, 0.3) is 0 Å². The number of carbonyl (C=O) groups excluding carboxylic acids is 2. The molecule has 3 atom stereocenters. The van der Waals surface area contributed by atoms with Gasteiger partial charge in [-0.15, -0.1) is 0 Å². The van der Waals surface area contributed by atoms with Gasteiger partial charge in [-0.2, -0.15) is 0 Å². The smallest absolute Gasteiger partial charge is 0.227 e. The van der Waals surface area contributed by atoms with Crippen molar-refractivity contribution in [1.29, 1.82) is 0 Å². The topological polar surface area (TPSA) is 75.4 Å². The zero-order valence-corrected chi connectivity index (χ0v) is 12.7. The number of hydrogen-bond acceptors (Lipinski definition) is 3. The average molecular weight is 281 g/mol. The molecule has 2 fully saturated rings. The summed E-state index contributed by atoms with van der Waals surface area (Å²) in [6.45, 7) is 3.13. The van der Waals surface area contributed by atoms with Gasteiger partial charge in [-0.1, -0.05) is 19.3 Å². The molecule has 1 saturated heterocycles. The van der Waals surface area contributed by atoms with Gasteiger partial charge < -0.3 is 16.0 Å². The van der Waals surface area contributed by atoms with Crippen LogP contribution in [0.4, 0.5) is 0 Å². The summed E-state index contributed by atoms with van der Waals surface area (Å²) in [4.78, 5) is 26.5. The molecule has 0 bridgehead atoms. The van der Waals surface area contributed by atoms with Crippen molar-refractivity contribution in [3.05, 3.63) is 0 Å². The summed E-state index contributed by atoms with van der Waals surface area (Å²) < 4.78 is 0.